The molecular formula is C58H89FN6O15. The third-order valence-electron chi connectivity index (χ3n) is 17.4. The molecule has 3 aromatic rings. The number of aliphatic hydroxyl groups excluding tert-OH is 4. The van der Waals surface area contributed by atoms with Gasteiger partial charge >= 0.3 is 12.1 Å². The Kier molecular flexibility index (Phi) is 20.7. The number of halogens is 1. The molecule has 22 heteroatoms. The molecule has 448 valence electrons. The van der Waals surface area contributed by atoms with Gasteiger partial charge in [-0.05, 0) is 117 Å². The lowest BCUT2D eigenvalue weighted by Crippen LogP contribution is -2.61. The van der Waals surface area contributed by atoms with Crippen LogP contribution in [0.2, 0.25) is 0 Å². The highest BCUT2D eigenvalue weighted by molar-refractivity contribution is 5.90. The Morgan fingerprint density at radius 1 is 0.912 bits per heavy atom. The molecule has 1 aromatic heterocycles. The summed E-state index contributed by atoms with van der Waals surface area (Å²) in [5, 5.41) is 78.0. The zero-order chi connectivity index (χ0) is 58.8. The number of aliphatic hydroxyl groups is 6. The average Bonchev–Trinajstić information content (AvgIpc) is 4.06. The Bertz CT molecular complexity index is 2520. The van der Waals surface area contributed by atoms with Crippen LogP contribution < -0.4 is 4.90 Å². The first kappa shape index (κ1) is 63.3. The van der Waals surface area contributed by atoms with E-state index in [0.717, 1.165) is 0 Å². The zero-order valence-corrected chi connectivity index (χ0v) is 48.8. The van der Waals surface area contributed by atoms with E-state index in [1.54, 1.807) is 95.7 Å². The summed E-state index contributed by atoms with van der Waals surface area (Å²) in [6.45, 7) is 18.4. The number of esters is 1. The lowest BCUT2D eigenvalue weighted by atomic mass is 9.77. The van der Waals surface area contributed by atoms with Gasteiger partial charge in [0, 0.05) is 62.8 Å². The van der Waals surface area contributed by atoms with Crippen LogP contribution in [0.15, 0.2) is 48.7 Å². The van der Waals surface area contributed by atoms with Crippen molar-refractivity contribution in [3.05, 3.63) is 65.7 Å². The second-order valence-corrected chi connectivity index (χ2v) is 24.0. The number of hydrogen-bond donors (Lipinski definition) is 6. The number of rotatable bonds is 15. The third-order valence-corrected chi connectivity index (χ3v) is 17.4. The molecule has 4 aliphatic heterocycles. The van der Waals surface area contributed by atoms with Gasteiger partial charge in [-0.1, -0.05) is 50.3 Å². The number of likely N-dealkylation sites (N-methyl/N-ethyl adjacent to an activating group) is 2. The zero-order valence-electron chi connectivity index (χ0n) is 48.8. The van der Waals surface area contributed by atoms with Crippen LogP contribution in [-0.4, -0.2) is 205 Å². The number of carbonyl (C=O) groups excluding carboxylic acids is 2. The largest absolute Gasteiger partial charge is 0.459 e. The number of ether oxygens (including phenoxy) is 7. The minimum Gasteiger partial charge on any atom is -0.459 e. The fraction of sp³-hybridized carbons (Fsp3) is 0.724. The number of nitrogens with zero attached hydrogens (tertiary/aromatic N) is 6. The minimum absolute atomic E-state index is 0.0762. The van der Waals surface area contributed by atoms with Crippen molar-refractivity contribution in [1.82, 2.24) is 24.8 Å². The lowest BCUT2D eigenvalue weighted by Gasteiger charge is -2.49. The van der Waals surface area contributed by atoms with Crippen molar-refractivity contribution in [2.45, 2.75) is 211 Å². The van der Waals surface area contributed by atoms with Crippen LogP contribution in [0, 0.1) is 23.6 Å². The van der Waals surface area contributed by atoms with E-state index < -0.39 is 126 Å². The summed E-state index contributed by atoms with van der Waals surface area (Å²) in [7, 11) is 5.20. The number of methoxy groups -OCH3 is 1. The number of anilines is 1. The van der Waals surface area contributed by atoms with Crippen LogP contribution in [-0.2, 0) is 57.5 Å². The van der Waals surface area contributed by atoms with Crippen molar-refractivity contribution in [1.29, 1.82) is 0 Å². The average molecular weight is 1130 g/mol. The van der Waals surface area contributed by atoms with Gasteiger partial charge in [-0.3, -0.25) is 9.69 Å². The van der Waals surface area contributed by atoms with Crippen LogP contribution in [0.4, 0.5) is 14.9 Å². The highest BCUT2D eigenvalue weighted by Crippen LogP contribution is 2.41. The molecule has 0 bridgehead atoms. The Labute approximate surface area is 470 Å². The van der Waals surface area contributed by atoms with Gasteiger partial charge in [-0.15, -0.1) is 5.10 Å². The van der Waals surface area contributed by atoms with Crippen molar-refractivity contribution in [3.8, 4) is 11.1 Å². The van der Waals surface area contributed by atoms with E-state index >= 15 is 4.39 Å². The van der Waals surface area contributed by atoms with E-state index in [9.17, 15) is 40.2 Å². The van der Waals surface area contributed by atoms with Gasteiger partial charge in [-0.2, -0.15) is 0 Å². The fourth-order valence-electron chi connectivity index (χ4n) is 12.4. The summed E-state index contributed by atoms with van der Waals surface area (Å²) in [5.74, 6) is -3.42. The number of hydrogen-bond acceptors (Lipinski definition) is 19. The molecule has 4 saturated heterocycles. The Balaban J connectivity index is 1.07. The number of carbonyl (C=O) groups is 2. The van der Waals surface area contributed by atoms with E-state index in [0.29, 0.717) is 54.0 Å². The van der Waals surface area contributed by atoms with Crippen molar-refractivity contribution in [2.75, 3.05) is 45.7 Å². The third kappa shape index (κ3) is 14.2. The SMILES string of the molecule is CC[C@H]1OC(=O)[C@H](C)[C@@H](O[C@H]2C[C@@](C)(OC)[C@H](O)[C@H](C)O2)[C@H](C)[C@@H](O[C@@H]2O[C@H](C)C[C@H](N(C)CCc3cn(C[C@H]4CN(c5ccc(-c6ccc(CO)cc6)c(F)c5)C(=O)O4)nn3)[C@@H]2O)C(C)(O)C[C@@H](C)CN(C)[C@H](C)[C@@H](O)C1(C)O. The van der Waals surface area contributed by atoms with Gasteiger partial charge in [0.1, 0.15) is 41.9 Å². The second kappa shape index (κ2) is 26.1. The van der Waals surface area contributed by atoms with Crippen molar-refractivity contribution < 1.29 is 77.8 Å². The summed E-state index contributed by atoms with van der Waals surface area (Å²) in [6, 6.07) is 10.4. The molecule has 0 aliphatic carbocycles. The number of amides is 1. The summed E-state index contributed by atoms with van der Waals surface area (Å²) in [5.41, 5.74) is -1.91. The predicted octanol–water partition coefficient (Wildman–Crippen LogP) is 4.43. The molecule has 2 aromatic carbocycles. The molecule has 0 saturated carbocycles. The molecule has 21 nitrogen and oxygen atoms in total. The molecule has 4 aliphatic rings. The maximum absolute atomic E-state index is 15.4. The van der Waals surface area contributed by atoms with Crippen LogP contribution in [0.25, 0.3) is 11.1 Å². The van der Waals surface area contributed by atoms with Gasteiger partial charge in [0.2, 0.25) is 0 Å². The number of benzene rings is 2. The van der Waals surface area contributed by atoms with Crippen LogP contribution in [0.5, 0.6) is 0 Å². The first-order chi connectivity index (χ1) is 37.6. The molecule has 0 spiro atoms. The van der Waals surface area contributed by atoms with E-state index in [2.05, 4.69) is 10.3 Å². The van der Waals surface area contributed by atoms with E-state index in [4.69, 9.17) is 33.2 Å². The first-order valence-corrected chi connectivity index (χ1v) is 28.2. The van der Waals surface area contributed by atoms with Gasteiger partial charge in [0.15, 0.2) is 12.6 Å². The molecule has 80 heavy (non-hydrogen) atoms. The summed E-state index contributed by atoms with van der Waals surface area (Å²) in [6.07, 6.45) is -8.57. The molecule has 2 unspecified atom stereocenters. The summed E-state index contributed by atoms with van der Waals surface area (Å²) < 4.78 is 61.0. The molecule has 19 atom stereocenters. The molecule has 4 fully saturated rings. The van der Waals surface area contributed by atoms with E-state index in [1.165, 1.54) is 25.0 Å². The minimum atomic E-state index is -1.86. The predicted molar refractivity (Wildman–Crippen MR) is 292 cm³/mol. The van der Waals surface area contributed by atoms with Crippen LogP contribution >= 0.6 is 0 Å². The highest BCUT2D eigenvalue weighted by Gasteiger charge is 2.53. The van der Waals surface area contributed by atoms with Crippen molar-refractivity contribution >= 4 is 17.7 Å². The van der Waals surface area contributed by atoms with E-state index in [-0.39, 0.29) is 44.9 Å². The summed E-state index contributed by atoms with van der Waals surface area (Å²) >= 11 is 0. The topological polar surface area (TPSA) is 261 Å². The standard InChI is InChI=1S/C58H89FN6O15/c1-14-46-58(10,73)50(68)36(6)63(12)27-32(2)25-56(8,72)52(34(4)49(35(5)53(70)78-46)79-47-26-57(9,74-13)51(69)37(7)76-47)80-54-48(67)45(23-33(3)75-54)62(11)22-21-40-28-64(61-60-40)29-42-30-65(55(71)77-42)41-19-20-43(44(59)24-41)39-17-15-38(31-66)16-18-39/h15-20,24,28,32-37,42,45-52,54,66-69,72-73H,14,21-23,25-27,29-31H2,1-13H3/t32-,33-,34+,35-,36-,37+,42+,45+,46-,47+,48+,49+,50-,51-,52-,54+,56?,57-,58?/m1/s1. The van der Waals surface area contributed by atoms with Gasteiger partial charge in [-0.25, -0.2) is 13.9 Å². The smallest absolute Gasteiger partial charge is 0.414 e. The Morgan fingerprint density at radius 3 is 2.26 bits per heavy atom. The maximum atomic E-state index is 15.4. The van der Waals surface area contributed by atoms with Crippen LogP contribution in [0.1, 0.15) is 106 Å². The number of cyclic esters (lactones) is 2. The highest BCUT2D eigenvalue weighted by atomic mass is 19.1. The molecule has 6 N–H and O–H groups in total. The molecule has 1 amide bonds. The monoisotopic (exact) mass is 1130 g/mol. The normalized spacial score (nSPS) is 38.2. The van der Waals surface area contributed by atoms with Gasteiger partial charge < -0.3 is 73.6 Å². The second-order valence-electron chi connectivity index (χ2n) is 24.0. The molecular weight excluding hydrogens is 1040 g/mol. The van der Waals surface area contributed by atoms with E-state index in [1.807, 2.05) is 37.7 Å². The molecule has 0 radical (unpaired) electrons. The van der Waals surface area contributed by atoms with Crippen molar-refractivity contribution in [2.24, 2.45) is 17.8 Å². The lowest BCUT2D eigenvalue weighted by molar-refractivity contribution is -0.318. The van der Waals surface area contributed by atoms with Gasteiger partial charge in [0.05, 0.1) is 72.6 Å². The van der Waals surface area contributed by atoms with Crippen molar-refractivity contribution in [3.63, 3.8) is 0 Å². The fourth-order valence-corrected chi connectivity index (χ4v) is 12.4. The molecule has 5 heterocycles. The van der Waals surface area contributed by atoms with Crippen LogP contribution in [0.3, 0.4) is 0 Å². The quantitative estimate of drug-likeness (QED) is 0.115. The number of aromatic nitrogens is 3. The Hall–Kier alpha value is -4.27. The summed E-state index contributed by atoms with van der Waals surface area (Å²) in [4.78, 5) is 32.8. The van der Waals surface area contributed by atoms with Gasteiger partial charge in [0.25, 0.3) is 0 Å². The first-order valence-electron chi connectivity index (χ1n) is 28.2. The maximum Gasteiger partial charge on any atom is 0.414 e. The Morgan fingerprint density at radius 2 is 1.61 bits per heavy atom. The molecule has 7 rings (SSSR count).